The zero-order chi connectivity index (χ0) is 28.7. The van der Waals surface area contributed by atoms with Crippen molar-refractivity contribution in [2.24, 2.45) is 0 Å². The van der Waals surface area contributed by atoms with E-state index in [1.54, 1.807) is 44.2 Å². The third-order valence-corrected chi connectivity index (χ3v) is 8.14. The van der Waals surface area contributed by atoms with Gasteiger partial charge in [0.1, 0.15) is 18.4 Å². The summed E-state index contributed by atoms with van der Waals surface area (Å²) in [4.78, 5) is 28.5. The molecule has 3 rings (SSSR count). The predicted molar refractivity (Wildman–Crippen MR) is 151 cm³/mol. The molecule has 0 aromatic heterocycles. The molecule has 0 radical (unpaired) electrons. The standard InChI is InChI=1S/C29H33ClFN3O4S/c1-5-26(29(36)32-20(2)3)33(18-22-12-15-24(31)16-13-22)28(35)19-34(27-17-23(30)14-11-21(27)4)39(37,38)25-9-7-6-8-10-25/h6-17,20,26H,5,18-19H2,1-4H3,(H,32,36)/t26-/m0/s1. The average Bonchev–Trinajstić information content (AvgIpc) is 2.89. The molecule has 0 fully saturated rings. The van der Waals surface area contributed by atoms with Crippen molar-refractivity contribution in [1.29, 1.82) is 0 Å². The van der Waals surface area contributed by atoms with Crippen LogP contribution in [0.4, 0.5) is 10.1 Å². The molecule has 39 heavy (non-hydrogen) atoms. The molecule has 3 aromatic rings. The highest BCUT2D eigenvalue weighted by atomic mass is 35.5. The van der Waals surface area contributed by atoms with Gasteiger partial charge in [-0.25, -0.2) is 12.8 Å². The predicted octanol–water partition coefficient (Wildman–Crippen LogP) is 5.31. The zero-order valence-electron chi connectivity index (χ0n) is 22.4. The molecule has 208 valence electrons. The minimum Gasteiger partial charge on any atom is -0.352 e. The summed E-state index contributed by atoms with van der Waals surface area (Å²) in [5, 5.41) is 3.15. The van der Waals surface area contributed by atoms with E-state index in [-0.39, 0.29) is 35.5 Å². The molecule has 10 heteroatoms. The van der Waals surface area contributed by atoms with Gasteiger partial charge in [-0.05, 0) is 74.7 Å². The second-order valence-corrected chi connectivity index (χ2v) is 11.8. The fourth-order valence-electron chi connectivity index (χ4n) is 4.17. The van der Waals surface area contributed by atoms with Crippen molar-refractivity contribution in [1.82, 2.24) is 10.2 Å². The molecule has 1 atom stereocenters. The summed E-state index contributed by atoms with van der Waals surface area (Å²) in [7, 11) is -4.20. The Kier molecular flexibility index (Phi) is 10.1. The molecule has 7 nitrogen and oxygen atoms in total. The van der Waals surface area contributed by atoms with Crippen molar-refractivity contribution in [2.45, 2.75) is 57.6 Å². The Balaban J connectivity index is 2.09. The number of halogens is 2. The van der Waals surface area contributed by atoms with Crippen LogP contribution < -0.4 is 9.62 Å². The van der Waals surface area contributed by atoms with Crippen molar-refractivity contribution in [2.75, 3.05) is 10.8 Å². The van der Waals surface area contributed by atoms with Crippen LogP contribution in [0.3, 0.4) is 0 Å². The quantitative estimate of drug-likeness (QED) is 0.337. The van der Waals surface area contributed by atoms with Crippen molar-refractivity contribution >= 4 is 39.1 Å². The molecular weight excluding hydrogens is 541 g/mol. The van der Waals surface area contributed by atoms with Gasteiger partial charge < -0.3 is 10.2 Å². The lowest BCUT2D eigenvalue weighted by molar-refractivity contribution is -0.140. The highest BCUT2D eigenvalue weighted by Gasteiger charge is 2.34. The third kappa shape index (κ3) is 7.58. The molecule has 3 aromatic carbocycles. The normalized spacial score (nSPS) is 12.2. The lowest BCUT2D eigenvalue weighted by atomic mass is 10.1. The number of nitrogens with one attached hydrogen (secondary N) is 1. The van der Waals surface area contributed by atoms with Crippen molar-refractivity contribution in [3.05, 3.63) is 94.8 Å². The molecule has 2 amide bonds. The molecule has 0 unspecified atom stereocenters. The lowest BCUT2D eigenvalue weighted by Crippen LogP contribution is -2.53. The molecular formula is C29H33ClFN3O4S. The number of rotatable bonds is 11. The summed E-state index contributed by atoms with van der Waals surface area (Å²) in [6, 6.07) is 17.2. The maximum atomic E-state index is 14.0. The van der Waals surface area contributed by atoms with E-state index in [9.17, 15) is 22.4 Å². The molecule has 1 N–H and O–H groups in total. The molecule has 0 aliphatic carbocycles. The fraction of sp³-hybridized carbons (Fsp3) is 0.310. The summed E-state index contributed by atoms with van der Waals surface area (Å²) in [5.41, 5.74) is 1.44. The summed E-state index contributed by atoms with van der Waals surface area (Å²) in [5.74, 6) is -1.39. The maximum Gasteiger partial charge on any atom is 0.264 e. The Bertz CT molecular complexity index is 1400. The van der Waals surface area contributed by atoms with Crippen LogP contribution in [0.25, 0.3) is 0 Å². The molecule has 0 saturated carbocycles. The number of carbonyl (C=O) groups excluding carboxylic acids is 2. The Labute approximate surface area is 234 Å². The smallest absolute Gasteiger partial charge is 0.264 e. The van der Waals surface area contributed by atoms with Gasteiger partial charge in [-0.1, -0.05) is 54.9 Å². The molecule has 0 bridgehead atoms. The van der Waals surface area contributed by atoms with Crippen LogP contribution in [0, 0.1) is 12.7 Å². The second kappa shape index (κ2) is 13.1. The van der Waals surface area contributed by atoms with Crippen molar-refractivity contribution in [3.63, 3.8) is 0 Å². The number of aryl methyl sites for hydroxylation is 1. The first-order valence-corrected chi connectivity index (χ1v) is 14.4. The average molecular weight is 574 g/mol. The number of hydrogen-bond donors (Lipinski definition) is 1. The molecule has 0 aliphatic rings. The highest BCUT2D eigenvalue weighted by Crippen LogP contribution is 2.30. The van der Waals surface area contributed by atoms with Crippen LogP contribution in [0.15, 0.2) is 77.7 Å². The third-order valence-electron chi connectivity index (χ3n) is 6.13. The first-order chi connectivity index (χ1) is 18.4. The Morgan fingerprint density at radius 1 is 1.00 bits per heavy atom. The Hall–Kier alpha value is -3.43. The molecule has 0 heterocycles. The first-order valence-electron chi connectivity index (χ1n) is 12.6. The molecule has 0 aliphatic heterocycles. The number of hydrogen-bond acceptors (Lipinski definition) is 4. The summed E-state index contributed by atoms with van der Waals surface area (Å²) >= 11 is 6.24. The van der Waals surface area contributed by atoms with Gasteiger partial charge in [0, 0.05) is 17.6 Å². The topological polar surface area (TPSA) is 86.8 Å². The monoisotopic (exact) mass is 573 g/mol. The van der Waals surface area contributed by atoms with Crippen LogP contribution in [0.5, 0.6) is 0 Å². The van der Waals surface area contributed by atoms with Crippen LogP contribution in [-0.4, -0.2) is 43.8 Å². The molecule has 0 saturated heterocycles. The number of nitrogens with zero attached hydrogens (tertiary/aromatic N) is 2. The van der Waals surface area contributed by atoms with Crippen LogP contribution >= 0.6 is 11.6 Å². The summed E-state index contributed by atoms with van der Waals surface area (Å²) in [6.07, 6.45) is 0.285. The van der Waals surface area contributed by atoms with E-state index in [2.05, 4.69) is 5.32 Å². The fourth-order valence-corrected chi connectivity index (χ4v) is 5.83. The van der Waals surface area contributed by atoms with E-state index in [1.807, 2.05) is 13.8 Å². The largest absolute Gasteiger partial charge is 0.352 e. The lowest BCUT2D eigenvalue weighted by Gasteiger charge is -2.34. The Morgan fingerprint density at radius 3 is 2.23 bits per heavy atom. The van der Waals surface area contributed by atoms with Crippen LogP contribution in [0.2, 0.25) is 5.02 Å². The first kappa shape index (κ1) is 30.1. The van der Waals surface area contributed by atoms with Gasteiger partial charge in [0.15, 0.2) is 0 Å². The van der Waals surface area contributed by atoms with Crippen molar-refractivity contribution < 1.29 is 22.4 Å². The van der Waals surface area contributed by atoms with Gasteiger partial charge in [0.25, 0.3) is 10.0 Å². The van der Waals surface area contributed by atoms with Crippen LogP contribution in [0.1, 0.15) is 38.3 Å². The summed E-state index contributed by atoms with van der Waals surface area (Å²) in [6.45, 7) is 6.53. The van der Waals surface area contributed by atoms with Gasteiger partial charge in [-0.15, -0.1) is 0 Å². The molecule has 0 spiro atoms. The highest BCUT2D eigenvalue weighted by molar-refractivity contribution is 7.92. The van der Waals surface area contributed by atoms with Crippen molar-refractivity contribution in [3.8, 4) is 0 Å². The van der Waals surface area contributed by atoms with Gasteiger partial charge in [-0.2, -0.15) is 0 Å². The van der Waals surface area contributed by atoms with Gasteiger partial charge in [0.2, 0.25) is 11.8 Å². The summed E-state index contributed by atoms with van der Waals surface area (Å²) < 4.78 is 42.3. The van der Waals surface area contributed by atoms with E-state index in [0.29, 0.717) is 16.1 Å². The van der Waals surface area contributed by atoms with Gasteiger partial charge >= 0.3 is 0 Å². The number of carbonyl (C=O) groups is 2. The second-order valence-electron chi connectivity index (χ2n) is 9.49. The van der Waals surface area contributed by atoms with E-state index in [1.165, 1.54) is 47.4 Å². The van der Waals surface area contributed by atoms with Gasteiger partial charge in [0.05, 0.1) is 10.6 Å². The van der Waals surface area contributed by atoms with Crippen LogP contribution in [-0.2, 0) is 26.2 Å². The number of sulfonamides is 1. The van der Waals surface area contributed by atoms with E-state index < -0.39 is 34.3 Å². The number of anilines is 1. The SMILES string of the molecule is CC[C@@H](C(=O)NC(C)C)N(Cc1ccc(F)cc1)C(=O)CN(c1cc(Cl)ccc1C)S(=O)(=O)c1ccccc1. The Morgan fingerprint density at radius 2 is 1.64 bits per heavy atom. The zero-order valence-corrected chi connectivity index (χ0v) is 24.0. The maximum absolute atomic E-state index is 14.0. The minimum atomic E-state index is -4.20. The van der Waals surface area contributed by atoms with E-state index in [0.717, 1.165) is 4.31 Å². The van der Waals surface area contributed by atoms with Gasteiger partial charge in [-0.3, -0.25) is 13.9 Å². The number of benzene rings is 3. The van der Waals surface area contributed by atoms with E-state index >= 15 is 0 Å². The van der Waals surface area contributed by atoms with E-state index in [4.69, 9.17) is 11.6 Å². The minimum absolute atomic E-state index is 0.00634. The number of amides is 2.